The number of ether oxygens (including phenoxy) is 1. The highest BCUT2D eigenvalue weighted by Crippen LogP contribution is 2.31. The van der Waals surface area contributed by atoms with Gasteiger partial charge in [-0.25, -0.2) is 4.98 Å². The van der Waals surface area contributed by atoms with Crippen LogP contribution >= 0.6 is 11.6 Å². The summed E-state index contributed by atoms with van der Waals surface area (Å²) in [4.78, 5) is 4.18. The number of nitrogens with zero attached hydrogens (tertiary/aromatic N) is 1. The molecule has 0 fully saturated rings. The van der Waals surface area contributed by atoms with Gasteiger partial charge in [-0.3, -0.25) is 0 Å². The number of rotatable bonds is 4. The summed E-state index contributed by atoms with van der Waals surface area (Å²) < 4.78 is 10.9. The van der Waals surface area contributed by atoms with E-state index in [1.54, 1.807) is 13.3 Å². The topological polar surface area (TPSA) is 35.3 Å². The lowest BCUT2D eigenvalue weighted by Gasteiger charge is -2.06. The van der Waals surface area contributed by atoms with Crippen molar-refractivity contribution in [2.45, 2.75) is 13.3 Å². The zero-order chi connectivity index (χ0) is 12.3. The number of halogens is 1. The van der Waals surface area contributed by atoms with E-state index in [9.17, 15) is 0 Å². The van der Waals surface area contributed by atoms with E-state index in [1.807, 2.05) is 25.1 Å². The minimum absolute atomic E-state index is 0.505. The molecule has 0 saturated heterocycles. The molecule has 1 aromatic heterocycles. The maximum atomic E-state index is 5.65. The third kappa shape index (κ3) is 2.61. The zero-order valence-electron chi connectivity index (χ0n) is 9.87. The summed E-state index contributed by atoms with van der Waals surface area (Å²) in [5.41, 5.74) is 2.07. The van der Waals surface area contributed by atoms with E-state index in [-0.39, 0.29) is 0 Å². The lowest BCUT2D eigenvalue weighted by Crippen LogP contribution is -1.87. The van der Waals surface area contributed by atoms with Crippen molar-refractivity contribution < 1.29 is 9.15 Å². The lowest BCUT2D eigenvalue weighted by molar-refractivity contribution is 0.414. The summed E-state index contributed by atoms with van der Waals surface area (Å²) in [7, 11) is 1.64. The Labute approximate surface area is 105 Å². The summed E-state index contributed by atoms with van der Waals surface area (Å²) in [5, 5.41) is 0. The second-order valence-electron chi connectivity index (χ2n) is 3.76. The number of alkyl halides is 1. The van der Waals surface area contributed by atoms with Gasteiger partial charge < -0.3 is 9.15 Å². The van der Waals surface area contributed by atoms with Crippen LogP contribution in [-0.2, 0) is 6.42 Å². The van der Waals surface area contributed by atoms with Crippen molar-refractivity contribution in [1.82, 2.24) is 4.98 Å². The minimum atomic E-state index is 0.505. The fraction of sp³-hybridized carbons (Fsp3) is 0.308. The summed E-state index contributed by atoms with van der Waals surface area (Å²) >= 11 is 5.65. The highest BCUT2D eigenvalue weighted by atomic mass is 35.5. The fourth-order valence-electron chi connectivity index (χ4n) is 1.65. The van der Waals surface area contributed by atoms with E-state index in [2.05, 4.69) is 4.98 Å². The van der Waals surface area contributed by atoms with Crippen LogP contribution in [-0.4, -0.2) is 18.0 Å². The van der Waals surface area contributed by atoms with Crippen molar-refractivity contribution >= 4 is 11.6 Å². The Kier molecular flexibility index (Phi) is 3.69. The monoisotopic (exact) mass is 251 g/mol. The van der Waals surface area contributed by atoms with Gasteiger partial charge in [-0.15, -0.1) is 11.6 Å². The number of aromatic nitrogens is 1. The van der Waals surface area contributed by atoms with Crippen LogP contribution in [0.4, 0.5) is 0 Å². The fourth-order valence-corrected chi connectivity index (χ4v) is 1.81. The smallest absolute Gasteiger partial charge is 0.196 e. The molecule has 0 saturated carbocycles. The molecule has 2 rings (SSSR count). The molecule has 0 amide bonds. The first-order valence-electron chi connectivity index (χ1n) is 5.40. The Morgan fingerprint density at radius 2 is 2.24 bits per heavy atom. The predicted octanol–water partition coefficient (Wildman–Crippen LogP) is 3.44. The first kappa shape index (κ1) is 12.0. The van der Waals surface area contributed by atoms with Gasteiger partial charge in [-0.1, -0.05) is 11.6 Å². The van der Waals surface area contributed by atoms with Crippen LogP contribution in [0.15, 0.2) is 28.8 Å². The molecule has 0 aliphatic carbocycles. The number of oxazole rings is 1. The molecule has 0 aliphatic heterocycles. The molecule has 4 heteroatoms. The van der Waals surface area contributed by atoms with E-state index < -0.39 is 0 Å². The van der Waals surface area contributed by atoms with Gasteiger partial charge in [-0.05, 0) is 19.1 Å². The van der Waals surface area contributed by atoms with E-state index >= 15 is 0 Å². The Morgan fingerprint density at radius 3 is 2.94 bits per heavy atom. The van der Waals surface area contributed by atoms with Gasteiger partial charge in [-0.2, -0.15) is 0 Å². The van der Waals surface area contributed by atoms with Gasteiger partial charge in [0.1, 0.15) is 5.75 Å². The van der Waals surface area contributed by atoms with Crippen molar-refractivity contribution in [2.75, 3.05) is 13.0 Å². The van der Waals surface area contributed by atoms with Gasteiger partial charge in [0, 0.05) is 12.3 Å². The summed E-state index contributed by atoms with van der Waals surface area (Å²) in [5.74, 6) is 2.65. The van der Waals surface area contributed by atoms with Gasteiger partial charge >= 0.3 is 0 Å². The molecule has 90 valence electrons. The first-order valence-corrected chi connectivity index (χ1v) is 5.93. The summed E-state index contributed by atoms with van der Waals surface area (Å²) in [6.07, 6.45) is 2.34. The predicted molar refractivity (Wildman–Crippen MR) is 67.7 cm³/mol. The van der Waals surface area contributed by atoms with Crippen molar-refractivity contribution in [1.29, 1.82) is 0 Å². The zero-order valence-corrected chi connectivity index (χ0v) is 10.6. The van der Waals surface area contributed by atoms with E-state index in [4.69, 9.17) is 20.8 Å². The van der Waals surface area contributed by atoms with Gasteiger partial charge in [0.15, 0.2) is 11.7 Å². The van der Waals surface area contributed by atoms with Crippen LogP contribution in [0.2, 0.25) is 0 Å². The molecule has 0 atom stereocenters. The van der Waals surface area contributed by atoms with Crippen LogP contribution in [0.25, 0.3) is 11.3 Å². The molecule has 0 bridgehead atoms. The Balaban J connectivity index is 2.40. The molecule has 1 heterocycles. The number of methoxy groups -OCH3 is 1. The molecule has 1 aromatic carbocycles. The van der Waals surface area contributed by atoms with Crippen molar-refractivity contribution in [3.8, 4) is 17.1 Å². The van der Waals surface area contributed by atoms with Gasteiger partial charge in [0.25, 0.3) is 0 Å². The molecule has 0 spiro atoms. The maximum Gasteiger partial charge on any atom is 0.196 e. The molecule has 0 aliphatic rings. The molecule has 0 unspecified atom stereocenters. The first-order chi connectivity index (χ1) is 8.24. The average Bonchev–Trinajstić information content (AvgIpc) is 2.78. The Morgan fingerprint density at radius 1 is 1.41 bits per heavy atom. The second-order valence-corrected chi connectivity index (χ2v) is 4.14. The van der Waals surface area contributed by atoms with Crippen LogP contribution in [0.3, 0.4) is 0 Å². The number of aryl methyl sites for hydroxylation is 2. The highest BCUT2D eigenvalue weighted by molar-refractivity contribution is 6.17. The van der Waals surface area contributed by atoms with Crippen molar-refractivity contribution in [3.05, 3.63) is 35.9 Å². The quantitative estimate of drug-likeness (QED) is 0.781. The summed E-state index contributed by atoms with van der Waals surface area (Å²) in [6, 6.07) is 5.94. The largest absolute Gasteiger partial charge is 0.496 e. The lowest BCUT2D eigenvalue weighted by atomic mass is 10.1. The van der Waals surface area contributed by atoms with Crippen molar-refractivity contribution in [3.63, 3.8) is 0 Å². The number of hydrogen-bond donors (Lipinski definition) is 0. The molecule has 2 aromatic rings. The summed E-state index contributed by atoms with van der Waals surface area (Å²) in [6.45, 7) is 2.03. The van der Waals surface area contributed by atoms with Crippen LogP contribution in [0.1, 0.15) is 11.5 Å². The Hall–Kier alpha value is -1.48. The third-order valence-electron chi connectivity index (χ3n) is 2.48. The molecular formula is C13H14ClNO2. The molecular weight excluding hydrogens is 238 g/mol. The van der Waals surface area contributed by atoms with Crippen LogP contribution in [0.5, 0.6) is 5.75 Å². The number of benzene rings is 1. The standard InChI is InChI=1S/C13H14ClNO2/c1-9-3-4-11(16-2)10(7-9)12-8-15-13(17-12)5-6-14/h3-4,7-8H,5-6H2,1-2H3. The maximum absolute atomic E-state index is 5.65. The SMILES string of the molecule is COc1ccc(C)cc1-c1cnc(CCCl)o1. The molecule has 0 radical (unpaired) electrons. The normalized spacial score (nSPS) is 10.5. The van der Waals surface area contributed by atoms with E-state index in [0.29, 0.717) is 24.0 Å². The highest BCUT2D eigenvalue weighted by Gasteiger charge is 2.11. The Bertz CT molecular complexity index is 508. The van der Waals surface area contributed by atoms with Gasteiger partial charge in [0.05, 0.1) is 18.9 Å². The van der Waals surface area contributed by atoms with Crippen LogP contribution in [0, 0.1) is 6.92 Å². The van der Waals surface area contributed by atoms with Crippen molar-refractivity contribution in [2.24, 2.45) is 0 Å². The minimum Gasteiger partial charge on any atom is -0.496 e. The molecule has 3 nitrogen and oxygen atoms in total. The molecule has 17 heavy (non-hydrogen) atoms. The number of hydrogen-bond acceptors (Lipinski definition) is 3. The van der Waals surface area contributed by atoms with E-state index in [0.717, 1.165) is 16.9 Å². The molecule has 0 N–H and O–H groups in total. The van der Waals surface area contributed by atoms with Gasteiger partial charge in [0.2, 0.25) is 0 Å². The second kappa shape index (κ2) is 5.23. The average molecular weight is 252 g/mol. The third-order valence-corrected chi connectivity index (χ3v) is 2.67. The van der Waals surface area contributed by atoms with E-state index in [1.165, 1.54) is 0 Å². The van der Waals surface area contributed by atoms with Crippen LogP contribution < -0.4 is 4.74 Å².